The molecule has 1 aromatic heterocycles. The summed E-state index contributed by atoms with van der Waals surface area (Å²) in [7, 11) is 0. The van der Waals surface area contributed by atoms with Crippen LogP contribution in [0.5, 0.6) is 0 Å². The third kappa shape index (κ3) is 2.24. The van der Waals surface area contributed by atoms with Crippen molar-refractivity contribution in [2.75, 3.05) is 0 Å². The van der Waals surface area contributed by atoms with Crippen LogP contribution in [0.15, 0.2) is 23.6 Å². The zero-order valence-corrected chi connectivity index (χ0v) is 10.1. The largest absolute Gasteiger partial charge is 0.322 e. The molecule has 0 saturated heterocycles. The monoisotopic (exact) mass is 256 g/mol. The number of thiazole rings is 1. The second-order valence-electron chi connectivity index (χ2n) is 3.48. The molecular formula is C11H10ClFN2S. The Bertz CT molecular complexity index is 510. The van der Waals surface area contributed by atoms with E-state index in [4.69, 9.17) is 17.3 Å². The van der Waals surface area contributed by atoms with Crippen LogP contribution in [0.1, 0.15) is 18.0 Å². The first kappa shape index (κ1) is 11.5. The summed E-state index contributed by atoms with van der Waals surface area (Å²) in [5.74, 6) is -0.328. The van der Waals surface area contributed by atoms with Crippen LogP contribution in [-0.2, 0) is 0 Å². The van der Waals surface area contributed by atoms with E-state index >= 15 is 0 Å². The number of rotatable bonds is 2. The molecule has 0 amide bonds. The molecule has 84 valence electrons. The van der Waals surface area contributed by atoms with E-state index < -0.39 is 0 Å². The topological polar surface area (TPSA) is 38.9 Å². The van der Waals surface area contributed by atoms with Gasteiger partial charge in [0, 0.05) is 16.0 Å². The quantitative estimate of drug-likeness (QED) is 0.891. The van der Waals surface area contributed by atoms with Gasteiger partial charge in [0.25, 0.3) is 0 Å². The summed E-state index contributed by atoms with van der Waals surface area (Å²) in [6, 6.07) is 4.28. The number of aromatic nitrogens is 1. The molecule has 2 rings (SSSR count). The van der Waals surface area contributed by atoms with Gasteiger partial charge in [-0.25, -0.2) is 9.37 Å². The number of hydrogen-bond donors (Lipinski definition) is 1. The minimum atomic E-state index is -0.328. The molecule has 0 spiro atoms. The molecule has 1 heterocycles. The number of nitrogens with zero attached hydrogens (tertiary/aromatic N) is 1. The van der Waals surface area contributed by atoms with E-state index in [1.54, 1.807) is 11.4 Å². The maximum Gasteiger partial charge on any atom is 0.132 e. The van der Waals surface area contributed by atoms with Gasteiger partial charge < -0.3 is 5.73 Å². The van der Waals surface area contributed by atoms with Crippen molar-refractivity contribution in [3.63, 3.8) is 0 Å². The van der Waals surface area contributed by atoms with Crippen LogP contribution in [-0.4, -0.2) is 4.98 Å². The van der Waals surface area contributed by atoms with Crippen LogP contribution in [0.4, 0.5) is 4.39 Å². The van der Waals surface area contributed by atoms with Gasteiger partial charge in [0.15, 0.2) is 0 Å². The Labute approximate surface area is 102 Å². The van der Waals surface area contributed by atoms with Crippen molar-refractivity contribution >= 4 is 22.9 Å². The smallest absolute Gasteiger partial charge is 0.132 e. The molecule has 0 aliphatic rings. The van der Waals surface area contributed by atoms with Gasteiger partial charge in [0.1, 0.15) is 10.8 Å². The highest BCUT2D eigenvalue weighted by Gasteiger charge is 2.11. The average molecular weight is 257 g/mol. The molecule has 2 aromatic rings. The normalized spacial score (nSPS) is 12.8. The second kappa shape index (κ2) is 4.49. The first-order valence-electron chi connectivity index (χ1n) is 4.74. The van der Waals surface area contributed by atoms with Gasteiger partial charge in [-0.3, -0.25) is 0 Å². The summed E-state index contributed by atoms with van der Waals surface area (Å²) in [6.07, 6.45) is 0. The van der Waals surface area contributed by atoms with E-state index in [0.29, 0.717) is 16.3 Å². The maximum absolute atomic E-state index is 13.5. The average Bonchev–Trinajstić information content (AvgIpc) is 2.70. The molecule has 2 nitrogen and oxygen atoms in total. The molecule has 0 bridgehead atoms. The lowest BCUT2D eigenvalue weighted by Gasteiger charge is -2.00. The minimum absolute atomic E-state index is 0.138. The van der Waals surface area contributed by atoms with Crippen molar-refractivity contribution in [3.05, 3.63) is 39.4 Å². The third-order valence-electron chi connectivity index (χ3n) is 2.12. The lowest BCUT2D eigenvalue weighted by Crippen LogP contribution is -2.03. The van der Waals surface area contributed by atoms with E-state index in [-0.39, 0.29) is 11.9 Å². The van der Waals surface area contributed by atoms with Crippen LogP contribution in [0.25, 0.3) is 11.3 Å². The van der Waals surface area contributed by atoms with Gasteiger partial charge in [0.2, 0.25) is 0 Å². The fraction of sp³-hybridized carbons (Fsp3) is 0.182. The fourth-order valence-electron chi connectivity index (χ4n) is 1.31. The Morgan fingerprint density at radius 1 is 1.50 bits per heavy atom. The molecule has 1 unspecified atom stereocenters. The van der Waals surface area contributed by atoms with Crippen LogP contribution < -0.4 is 5.73 Å². The van der Waals surface area contributed by atoms with Crippen molar-refractivity contribution in [3.8, 4) is 11.3 Å². The van der Waals surface area contributed by atoms with E-state index in [0.717, 1.165) is 5.01 Å². The van der Waals surface area contributed by atoms with Gasteiger partial charge in [-0.1, -0.05) is 11.6 Å². The predicted molar refractivity (Wildman–Crippen MR) is 65.1 cm³/mol. The number of nitrogens with two attached hydrogens (primary N) is 1. The van der Waals surface area contributed by atoms with E-state index in [1.165, 1.54) is 23.5 Å². The Balaban J connectivity index is 2.46. The molecule has 0 aliphatic carbocycles. The molecule has 5 heteroatoms. The second-order valence-corrected chi connectivity index (χ2v) is 4.81. The molecule has 1 atom stereocenters. The Kier molecular flexibility index (Phi) is 3.23. The van der Waals surface area contributed by atoms with Crippen molar-refractivity contribution in [1.29, 1.82) is 0 Å². The Morgan fingerprint density at radius 3 is 2.88 bits per heavy atom. The molecule has 0 fully saturated rings. The van der Waals surface area contributed by atoms with Crippen LogP contribution in [0.3, 0.4) is 0 Å². The standard InChI is InChI=1S/C11H10ClFN2S/c1-6(14)11-15-10(5-16-11)8-4-7(12)2-3-9(8)13/h2-6H,14H2,1H3. The first-order valence-corrected chi connectivity index (χ1v) is 6.00. The van der Waals surface area contributed by atoms with Gasteiger partial charge in [-0.15, -0.1) is 11.3 Å². The zero-order valence-electron chi connectivity index (χ0n) is 8.58. The Morgan fingerprint density at radius 2 is 2.25 bits per heavy atom. The summed E-state index contributed by atoms with van der Waals surface area (Å²) in [5.41, 5.74) is 6.69. The van der Waals surface area contributed by atoms with Gasteiger partial charge >= 0.3 is 0 Å². The highest BCUT2D eigenvalue weighted by molar-refractivity contribution is 7.10. The highest BCUT2D eigenvalue weighted by Crippen LogP contribution is 2.28. The molecule has 1 aromatic carbocycles. The van der Waals surface area contributed by atoms with Crippen LogP contribution in [0.2, 0.25) is 5.02 Å². The highest BCUT2D eigenvalue weighted by atomic mass is 35.5. The maximum atomic E-state index is 13.5. The fourth-order valence-corrected chi connectivity index (χ4v) is 2.26. The summed E-state index contributed by atoms with van der Waals surface area (Å²) in [4.78, 5) is 4.28. The van der Waals surface area contributed by atoms with Crippen molar-refractivity contribution < 1.29 is 4.39 Å². The summed E-state index contributed by atoms with van der Waals surface area (Å²) in [5, 5.41) is 3.06. The number of hydrogen-bond acceptors (Lipinski definition) is 3. The SMILES string of the molecule is CC(N)c1nc(-c2cc(Cl)ccc2F)cs1. The number of halogens is 2. The number of benzene rings is 1. The zero-order chi connectivity index (χ0) is 11.7. The van der Waals surface area contributed by atoms with E-state index in [1.807, 2.05) is 6.92 Å². The van der Waals surface area contributed by atoms with E-state index in [9.17, 15) is 4.39 Å². The van der Waals surface area contributed by atoms with Gasteiger partial charge in [0.05, 0.1) is 11.7 Å². The van der Waals surface area contributed by atoms with Gasteiger partial charge in [-0.2, -0.15) is 0 Å². The molecular weight excluding hydrogens is 247 g/mol. The minimum Gasteiger partial charge on any atom is -0.322 e. The van der Waals surface area contributed by atoms with Crippen molar-refractivity contribution in [2.24, 2.45) is 5.73 Å². The first-order chi connectivity index (χ1) is 7.58. The summed E-state index contributed by atoms with van der Waals surface area (Å²) >= 11 is 7.24. The Hall–Kier alpha value is -0.970. The predicted octanol–water partition coefficient (Wildman–Crippen LogP) is 3.62. The van der Waals surface area contributed by atoms with Crippen LogP contribution >= 0.6 is 22.9 Å². The van der Waals surface area contributed by atoms with Crippen LogP contribution in [0, 0.1) is 5.82 Å². The van der Waals surface area contributed by atoms with Crippen molar-refractivity contribution in [2.45, 2.75) is 13.0 Å². The molecule has 16 heavy (non-hydrogen) atoms. The summed E-state index contributed by atoms with van der Waals surface area (Å²) in [6.45, 7) is 1.84. The molecule has 2 N–H and O–H groups in total. The lowest BCUT2D eigenvalue weighted by atomic mass is 10.1. The van der Waals surface area contributed by atoms with Crippen molar-refractivity contribution in [1.82, 2.24) is 4.98 Å². The summed E-state index contributed by atoms with van der Waals surface area (Å²) < 4.78 is 13.5. The van der Waals surface area contributed by atoms with Gasteiger partial charge in [-0.05, 0) is 25.1 Å². The van der Waals surface area contributed by atoms with E-state index in [2.05, 4.69) is 4.98 Å². The third-order valence-corrected chi connectivity index (χ3v) is 3.40. The molecule has 0 radical (unpaired) electrons. The molecule has 0 aliphatic heterocycles. The lowest BCUT2D eigenvalue weighted by molar-refractivity contribution is 0.630. The molecule has 0 saturated carbocycles.